The third-order valence-corrected chi connectivity index (χ3v) is 3.45. The van der Waals surface area contributed by atoms with Crippen LogP contribution < -0.4 is 138 Å². The van der Waals surface area contributed by atoms with Crippen LogP contribution in [0.2, 0.25) is 0 Å². The van der Waals surface area contributed by atoms with Gasteiger partial charge in [-0.25, -0.2) is 0 Å². The molecule has 0 bridgehead atoms. The van der Waals surface area contributed by atoms with Gasteiger partial charge in [0, 0.05) is 15.2 Å². The van der Waals surface area contributed by atoms with Crippen molar-refractivity contribution in [2.24, 2.45) is 0 Å². The molecule has 14 heteroatoms. The van der Waals surface area contributed by atoms with Gasteiger partial charge < -0.3 is 28.7 Å². The average Bonchev–Trinajstić information content (AvgIpc) is 1.58. The van der Waals surface area contributed by atoms with Crippen molar-refractivity contribution in [3.05, 3.63) is 0 Å². The molecule has 15 heavy (non-hydrogen) atoms. The molecule has 0 fully saturated rings. The van der Waals surface area contributed by atoms with Crippen molar-refractivity contribution in [3.63, 3.8) is 0 Å². The molecule has 0 aromatic rings. The summed E-state index contributed by atoms with van der Waals surface area (Å²) in [4.78, 5) is 37.8. The van der Waals surface area contributed by atoms with E-state index < -0.39 is 20.6 Å². The second-order valence-corrected chi connectivity index (χ2v) is 4.97. The number of hydrogen-bond donors (Lipinski definition) is 0. The molecule has 0 spiro atoms. The van der Waals surface area contributed by atoms with E-state index in [1.54, 1.807) is 0 Å². The van der Waals surface area contributed by atoms with Crippen molar-refractivity contribution < 1.29 is 156 Å². The molecule has 0 radical (unpaired) electrons. The molecule has 0 atom stereocenters. The Labute approximate surface area is 173 Å². The predicted molar refractivity (Wildman–Crippen MR) is 20.2 cm³/mol. The van der Waals surface area contributed by atoms with Crippen LogP contribution in [-0.2, 0) is 9.13 Å². The van der Waals surface area contributed by atoms with E-state index in [4.69, 9.17) is 0 Å². The van der Waals surface area contributed by atoms with Gasteiger partial charge in [0.1, 0.15) is 0 Å². The summed E-state index contributed by atoms with van der Waals surface area (Å²) in [5.74, 6) is 0. The maximum Gasteiger partial charge on any atom is 1.00 e. The van der Waals surface area contributed by atoms with Crippen LogP contribution in [0.4, 0.5) is 8.78 Å². The molecule has 0 aromatic heterocycles. The van der Waals surface area contributed by atoms with E-state index in [0.29, 0.717) is 0 Å². The van der Waals surface area contributed by atoms with E-state index in [1.807, 2.05) is 0 Å². The van der Waals surface area contributed by atoms with E-state index in [1.165, 1.54) is 0 Å². The Morgan fingerprint density at radius 1 is 0.733 bits per heavy atom. The molecule has 0 amide bonds. The Morgan fingerprint density at radius 2 is 0.867 bits per heavy atom. The first-order chi connectivity index (χ1) is 4.50. The zero-order valence-corrected chi connectivity index (χ0v) is 18.4. The summed E-state index contributed by atoms with van der Waals surface area (Å²) < 4.78 is 42.2. The predicted octanol–water partition coefficient (Wildman–Crippen LogP) is -14.6. The molecule has 0 aliphatic heterocycles. The molecule has 0 saturated carbocycles. The monoisotopic (exact) mass is 300 g/mol. The summed E-state index contributed by atoms with van der Waals surface area (Å²) in [6.45, 7) is 0. The molecular weight excluding hydrogens is 300 g/mol. The van der Waals surface area contributed by atoms with Gasteiger partial charge in [-0.3, -0.25) is 0 Å². The molecule has 6 nitrogen and oxygen atoms in total. The smallest absolute Gasteiger partial charge is 0.806 e. The van der Waals surface area contributed by atoms with Crippen molar-refractivity contribution in [3.8, 4) is 0 Å². The summed E-state index contributed by atoms with van der Waals surface area (Å²) in [6, 6.07) is 0. The molecule has 0 aromatic carbocycles. The Bertz CT molecular complexity index is 224. The fourth-order valence-electron chi connectivity index (χ4n) is 0.150. The first kappa shape index (κ1) is 31.5. The van der Waals surface area contributed by atoms with E-state index in [9.17, 15) is 37.5 Å². The Hall–Kier alpha value is 4.16. The molecule has 0 rings (SSSR count). The number of halogens is 2. The normalized spacial score (nSPS) is 11.1. The van der Waals surface area contributed by atoms with E-state index in [2.05, 4.69) is 0 Å². The topological polar surface area (TPSA) is 126 Å². The van der Waals surface area contributed by atoms with E-state index in [-0.39, 0.29) is 118 Å². The standard InChI is InChI=1S/CH4F2O6P2.4Na/c2-1(3,10(4,5)6)11(7,8)9;;;;/h(H2,4,5,6)(H2,7,8,9);;;;/q;4*+1/p-4. The van der Waals surface area contributed by atoms with Crippen LogP contribution in [0.1, 0.15) is 0 Å². The molecule has 0 heterocycles. The van der Waals surface area contributed by atoms with Crippen molar-refractivity contribution in [1.82, 2.24) is 0 Å². The van der Waals surface area contributed by atoms with Gasteiger partial charge in [0.15, 0.2) is 0 Å². The minimum Gasteiger partial charge on any atom is -0.806 e. The molecule has 0 aliphatic carbocycles. The molecular formula is CF2Na4O6P2. The molecule has 0 N–H and O–H groups in total. The Kier molecular flexibility index (Phi) is 22.9. The molecule has 68 valence electrons. The number of hydrogen-bond acceptors (Lipinski definition) is 6. The average molecular weight is 300 g/mol. The largest absolute Gasteiger partial charge is 1.00 e. The molecule has 0 aliphatic rings. The Morgan fingerprint density at radius 3 is 0.867 bits per heavy atom. The van der Waals surface area contributed by atoms with Gasteiger partial charge in [-0.05, 0) is 0 Å². The van der Waals surface area contributed by atoms with Gasteiger partial charge in [0.2, 0.25) is 0 Å². The van der Waals surface area contributed by atoms with Crippen molar-refractivity contribution >= 4 is 15.2 Å². The zero-order valence-electron chi connectivity index (χ0n) is 8.60. The van der Waals surface area contributed by atoms with Crippen LogP contribution >= 0.6 is 15.2 Å². The fourth-order valence-corrected chi connectivity index (χ4v) is 1.35. The van der Waals surface area contributed by atoms with Gasteiger partial charge in [-0.15, -0.1) is 0 Å². The van der Waals surface area contributed by atoms with Gasteiger partial charge in [-0.2, -0.15) is 8.78 Å². The van der Waals surface area contributed by atoms with Gasteiger partial charge in [0.25, 0.3) is 5.40 Å². The first-order valence-corrected chi connectivity index (χ1v) is 5.01. The van der Waals surface area contributed by atoms with Crippen LogP contribution in [0, 0.1) is 0 Å². The second-order valence-electron chi connectivity index (χ2n) is 1.50. The van der Waals surface area contributed by atoms with Crippen LogP contribution in [-0.4, -0.2) is 5.40 Å². The van der Waals surface area contributed by atoms with Crippen molar-refractivity contribution in [2.45, 2.75) is 5.40 Å². The van der Waals surface area contributed by atoms with Crippen LogP contribution in [0.15, 0.2) is 0 Å². The van der Waals surface area contributed by atoms with E-state index in [0.717, 1.165) is 0 Å². The quantitative estimate of drug-likeness (QED) is 0.368. The maximum atomic E-state index is 11.7. The summed E-state index contributed by atoms with van der Waals surface area (Å²) in [7, 11) is -13.4. The minimum absolute atomic E-state index is 0. The third-order valence-electron chi connectivity index (χ3n) is 0.659. The zero-order chi connectivity index (χ0) is 9.50. The van der Waals surface area contributed by atoms with Gasteiger partial charge >= 0.3 is 118 Å². The maximum absolute atomic E-state index is 11.7. The number of rotatable bonds is 2. The Balaban J connectivity index is -0.0000000833. The minimum atomic E-state index is -6.71. The number of alkyl halides is 2. The molecule has 0 saturated heterocycles. The van der Waals surface area contributed by atoms with Crippen molar-refractivity contribution in [2.75, 3.05) is 0 Å². The second kappa shape index (κ2) is 10.9. The SMILES string of the molecule is O=P([O-])([O-])C(F)(F)P(=O)([O-])[O-].[Na+].[Na+].[Na+].[Na+]. The van der Waals surface area contributed by atoms with Gasteiger partial charge in [0.05, 0.1) is 0 Å². The van der Waals surface area contributed by atoms with Crippen LogP contribution in [0.25, 0.3) is 0 Å². The third kappa shape index (κ3) is 9.66. The van der Waals surface area contributed by atoms with Crippen LogP contribution in [0.3, 0.4) is 0 Å². The summed E-state index contributed by atoms with van der Waals surface area (Å²) in [5.41, 5.74) is 0. The van der Waals surface area contributed by atoms with Crippen molar-refractivity contribution in [1.29, 1.82) is 0 Å². The van der Waals surface area contributed by atoms with E-state index >= 15 is 0 Å². The summed E-state index contributed by atoms with van der Waals surface area (Å²) in [6.07, 6.45) is 0. The van der Waals surface area contributed by atoms with Crippen LogP contribution in [0.5, 0.6) is 0 Å². The molecule has 0 unspecified atom stereocenters. The first-order valence-electron chi connectivity index (χ1n) is 1.92. The summed E-state index contributed by atoms with van der Waals surface area (Å²) in [5, 5.41) is -5.74. The fraction of sp³-hybridized carbons (Fsp3) is 1.00. The van der Waals surface area contributed by atoms with Gasteiger partial charge in [-0.1, -0.05) is 0 Å². The summed E-state index contributed by atoms with van der Waals surface area (Å²) >= 11 is 0.